The van der Waals surface area contributed by atoms with Gasteiger partial charge in [-0.3, -0.25) is 14.4 Å². The number of hydrogen-bond donors (Lipinski definition) is 2. The molecule has 2 unspecified atom stereocenters. The molecular weight excluding hydrogens is 382 g/mol. The molecule has 8 nitrogen and oxygen atoms in total. The number of hydrogen-bond acceptors (Lipinski definition) is 5. The molecule has 0 spiro atoms. The lowest BCUT2D eigenvalue weighted by atomic mass is 10.1. The lowest BCUT2D eigenvalue weighted by Crippen LogP contribution is -2.38. The van der Waals surface area contributed by atoms with Gasteiger partial charge in [-0.05, 0) is 30.7 Å². The number of anilines is 2. The molecule has 0 aliphatic carbocycles. The van der Waals surface area contributed by atoms with Gasteiger partial charge in [0.2, 0.25) is 17.7 Å². The average Bonchev–Trinajstić information content (AvgIpc) is 3.18. The van der Waals surface area contributed by atoms with E-state index in [1.54, 1.807) is 43.0 Å². The van der Waals surface area contributed by atoms with Crippen molar-refractivity contribution >= 4 is 38.9 Å². The van der Waals surface area contributed by atoms with Crippen molar-refractivity contribution in [1.82, 2.24) is 4.90 Å². The molecule has 152 valence electrons. The first-order valence-electron chi connectivity index (χ1n) is 9.36. The molecule has 2 N–H and O–H groups in total. The van der Waals surface area contributed by atoms with Crippen LogP contribution < -0.4 is 10.6 Å². The number of rotatable bonds is 5. The van der Waals surface area contributed by atoms with Crippen molar-refractivity contribution in [3.05, 3.63) is 24.3 Å². The molecule has 0 bridgehead atoms. The Bertz CT molecular complexity index is 879. The van der Waals surface area contributed by atoms with Gasteiger partial charge in [-0.15, -0.1) is 0 Å². The van der Waals surface area contributed by atoms with Gasteiger partial charge in [0.05, 0.1) is 17.4 Å². The predicted octanol–water partition coefficient (Wildman–Crippen LogP) is 1.26. The Kier molecular flexibility index (Phi) is 5.74. The van der Waals surface area contributed by atoms with Gasteiger partial charge in [0.25, 0.3) is 0 Å². The van der Waals surface area contributed by atoms with Crippen molar-refractivity contribution in [1.29, 1.82) is 0 Å². The Hall–Kier alpha value is -2.42. The summed E-state index contributed by atoms with van der Waals surface area (Å²) in [5.74, 6) is -1.08. The van der Waals surface area contributed by atoms with Crippen molar-refractivity contribution in [2.45, 2.75) is 32.7 Å². The first-order valence-corrected chi connectivity index (χ1v) is 11.2. The van der Waals surface area contributed by atoms with Crippen LogP contribution in [0.25, 0.3) is 0 Å². The molecule has 28 heavy (non-hydrogen) atoms. The summed E-state index contributed by atoms with van der Waals surface area (Å²) in [7, 11) is -3.09. The average molecular weight is 407 g/mol. The number of sulfone groups is 1. The predicted molar refractivity (Wildman–Crippen MR) is 105 cm³/mol. The van der Waals surface area contributed by atoms with E-state index in [1.165, 1.54) is 0 Å². The second kappa shape index (κ2) is 7.90. The van der Waals surface area contributed by atoms with Crippen molar-refractivity contribution in [2.24, 2.45) is 11.8 Å². The highest BCUT2D eigenvalue weighted by Crippen LogP contribution is 2.27. The van der Waals surface area contributed by atoms with Gasteiger partial charge >= 0.3 is 0 Å². The minimum atomic E-state index is -3.09. The third kappa shape index (κ3) is 4.70. The highest BCUT2D eigenvalue weighted by Gasteiger charge is 2.41. The van der Waals surface area contributed by atoms with Crippen LogP contribution in [0.3, 0.4) is 0 Å². The molecule has 2 aliphatic heterocycles. The van der Waals surface area contributed by atoms with E-state index in [9.17, 15) is 22.8 Å². The summed E-state index contributed by atoms with van der Waals surface area (Å²) in [5.41, 5.74) is 1.21. The van der Waals surface area contributed by atoms with Gasteiger partial charge in [0.15, 0.2) is 9.84 Å². The monoisotopic (exact) mass is 407 g/mol. The van der Waals surface area contributed by atoms with Gasteiger partial charge in [-0.2, -0.15) is 0 Å². The number of benzene rings is 1. The maximum Gasteiger partial charge on any atom is 0.229 e. The first-order chi connectivity index (χ1) is 13.1. The summed E-state index contributed by atoms with van der Waals surface area (Å²) in [4.78, 5) is 38.0. The fourth-order valence-electron chi connectivity index (χ4n) is 3.45. The van der Waals surface area contributed by atoms with Crippen molar-refractivity contribution in [3.8, 4) is 0 Å². The molecule has 0 radical (unpaired) electrons. The summed E-state index contributed by atoms with van der Waals surface area (Å²) >= 11 is 0. The second-order valence-electron chi connectivity index (χ2n) is 7.71. The van der Waals surface area contributed by atoms with Crippen LogP contribution in [0, 0.1) is 11.8 Å². The Morgan fingerprint density at radius 1 is 1.11 bits per heavy atom. The van der Waals surface area contributed by atoms with E-state index in [1.807, 2.05) is 0 Å². The molecule has 2 fully saturated rings. The van der Waals surface area contributed by atoms with Crippen LogP contribution >= 0.6 is 0 Å². The van der Waals surface area contributed by atoms with E-state index >= 15 is 0 Å². The molecule has 0 aromatic heterocycles. The van der Waals surface area contributed by atoms with Crippen LogP contribution in [-0.4, -0.2) is 55.1 Å². The highest BCUT2D eigenvalue weighted by atomic mass is 32.2. The summed E-state index contributed by atoms with van der Waals surface area (Å²) in [6.45, 7) is 3.85. The van der Waals surface area contributed by atoms with Crippen LogP contribution in [0.2, 0.25) is 0 Å². The van der Waals surface area contributed by atoms with Gasteiger partial charge in [-0.1, -0.05) is 13.8 Å². The van der Waals surface area contributed by atoms with Crippen molar-refractivity contribution in [3.63, 3.8) is 0 Å². The third-order valence-electron chi connectivity index (χ3n) is 5.12. The Labute approximate surface area is 164 Å². The molecular formula is C19H25N3O5S. The molecule has 2 aliphatic rings. The molecule has 2 saturated heterocycles. The number of nitrogens with zero attached hydrogens (tertiary/aromatic N) is 1. The summed E-state index contributed by atoms with van der Waals surface area (Å²) in [5, 5.41) is 5.56. The Balaban J connectivity index is 1.56. The fraction of sp³-hybridized carbons (Fsp3) is 0.526. The van der Waals surface area contributed by atoms with E-state index < -0.39 is 15.8 Å². The summed E-state index contributed by atoms with van der Waals surface area (Å²) in [6.07, 6.45) is 0.525. The standard InChI is InChI=1S/C19H25N3O5S/c1-12(2)18(24)20-14-3-5-15(6-4-14)21-19(25)13-9-17(23)22(10-13)16-7-8-28(26,27)11-16/h3-6,12-13,16H,7-11H2,1-2H3,(H,20,24)(H,21,25). The minimum absolute atomic E-state index is 0.0172. The Morgan fingerprint density at radius 3 is 2.25 bits per heavy atom. The lowest BCUT2D eigenvalue weighted by molar-refractivity contribution is -0.129. The zero-order chi connectivity index (χ0) is 20.5. The molecule has 0 saturated carbocycles. The molecule has 2 atom stereocenters. The first kappa shape index (κ1) is 20.3. The zero-order valence-corrected chi connectivity index (χ0v) is 16.8. The molecule has 9 heteroatoms. The summed E-state index contributed by atoms with van der Waals surface area (Å²) in [6, 6.07) is 6.45. The molecule has 1 aromatic carbocycles. The van der Waals surface area contributed by atoms with E-state index in [4.69, 9.17) is 0 Å². The van der Waals surface area contributed by atoms with Crippen molar-refractivity contribution in [2.75, 3.05) is 28.7 Å². The molecule has 3 amide bonds. The number of amides is 3. The third-order valence-corrected chi connectivity index (χ3v) is 6.87. The maximum absolute atomic E-state index is 12.5. The normalized spacial score (nSPS) is 23.8. The SMILES string of the molecule is CC(C)C(=O)Nc1ccc(NC(=O)C2CC(=O)N(C3CCS(=O)(=O)C3)C2)cc1. The number of carbonyl (C=O) groups is 3. The number of nitrogens with one attached hydrogen (secondary N) is 2. The van der Waals surface area contributed by atoms with Gasteiger partial charge in [0, 0.05) is 36.3 Å². The van der Waals surface area contributed by atoms with Gasteiger partial charge in [-0.25, -0.2) is 8.42 Å². The smallest absolute Gasteiger partial charge is 0.229 e. The minimum Gasteiger partial charge on any atom is -0.338 e. The van der Waals surface area contributed by atoms with Crippen LogP contribution in [-0.2, 0) is 24.2 Å². The largest absolute Gasteiger partial charge is 0.338 e. The van der Waals surface area contributed by atoms with Gasteiger partial charge in [0.1, 0.15) is 0 Å². The van der Waals surface area contributed by atoms with E-state index in [2.05, 4.69) is 10.6 Å². The molecule has 1 aromatic rings. The summed E-state index contributed by atoms with van der Waals surface area (Å²) < 4.78 is 23.3. The zero-order valence-electron chi connectivity index (χ0n) is 16.0. The van der Waals surface area contributed by atoms with E-state index in [-0.39, 0.29) is 54.2 Å². The topological polar surface area (TPSA) is 113 Å². The lowest BCUT2D eigenvalue weighted by Gasteiger charge is -2.22. The maximum atomic E-state index is 12.5. The fourth-order valence-corrected chi connectivity index (χ4v) is 5.18. The van der Waals surface area contributed by atoms with E-state index in [0.29, 0.717) is 17.8 Å². The quantitative estimate of drug-likeness (QED) is 0.763. The van der Waals surface area contributed by atoms with E-state index in [0.717, 1.165) is 0 Å². The van der Waals surface area contributed by atoms with Crippen LogP contribution in [0.15, 0.2) is 24.3 Å². The molecule has 3 rings (SSSR count). The second-order valence-corrected chi connectivity index (χ2v) is 9.94. The van der Waals surface area contributed by atoms with Gasteiger partial charge < -0.3 is 15.5 Å². The number of likely N-dealkylation sites (tertiary alicyclic amines) is 1. The highest BCUT2D eigenvalue weighted by molar-refractivity contribution is 7.91. The van der Waals surface area contributed by atoms with Crippen LogP contribution in [0.4, 0.5) is 11.4 Å². The van der Waals surface area contributed by atoms with Crippen LogP contribution in [0.1, 0.15) is 26.7 Å². The van der Waals surface area contributed by atoms with Crippen LogP contribution in [0.5, 0.6) is 0 Å². The molecule has 2 heterocycles. The number of carbonyl (C=O) groups excluding carboxylic acids is 3. The Morgan fingerprint density at radius 2 is 1.71 bits per heavy atom. The van der Waals surface area contributed by atoms with Crippen molar-refractivity contribution < 1.29 is 22.8 Å².